The maximum Gasteiger partial charge on any atom is 0.139 e. The maximum absolute atomic E-state index is 6.56. The van der Waals surface area contributed by atoms with Gasteiger partial charge < -0.3 is 15.8 Å². The fourth-order valence-corrected chi connectivity index (χ4v) is 6.42. The Kier molecular flexibility index (Phi) is 7.25. The molecule has 3 N–H and O–H groups in total. The second-order valence-corrected chi connectivity index (χ2v) is 12.0. The molecule has 0 spiro atoms. The summed E-state index contributed by atoms with van der Waals surface area (Å²) in [4.78, 5) is 0. The van der Waals surface area contributed by atoms with Crippen molar-refractivity contribution in [1.29, 1.82) is 0 Å². The average molecular weight is 573 g/mol. The van der Waals surface area contributed by atoms with Gasteiger partial charge in [0.25, 0.3) is 0 Å². The van der Waals surface area contributed by atoms with Crippen LogP contribution in [0.1, 0.15) is 47.7 Å². The number of rotatable bonds is 7. The highest BCUT2D eigenvalue weighted by molar-refractivity contribution is 5.79. The minimum Gasteiger partial charge on any atom is -0.456 e. The van der Waals surface area contributed by atoms with E-state index in [1.807, 2.05) is 30.3 Å². The second-order valence-electron chi connectivity index (χ2n) is 12.0. The van der Waals surface area contributed by atoms with Gasteiger partial charge in [-0.25, -0.2) is 0 Å². The summed E-state index contributed by atoms with van der Waals surface area (Å²) in [5, 5.41) is 3.75. The molecule has 0 radical (unpaired) electrons. The number of nitrogen functional groups attached to an aromatic ring is 1. The molecule has 216 valence electrons. The molecule has 1 heterocycles. The molecular formula is C41H36N2O. The summed E-state index contributed by atoms with van der Waals surface area (Å²) in [6.45, 7) is 5.28. The van der Waals surface area contributed by atoms with Gasteiger partial charge in [-0.1, -0.05) is 141 Å². The van der Waals surface area contributed by atoms with Crippen LogP contribution < -0.4 is 15.8 Å². The van der Waals surface area contributed by atoms with E-state index in [2.05, 4.69) is 134 Å². The van der Waals surface area contributed by atoms with Crippen LogP contribution in [0.25, 0.3) is 22.3 Å². The molecule has 0 aromatic heterocycles. The molecular weight excluding hydrogens is 536 g/mol. The first kappa shape index (κ1) is 27.7. The smallest absolute Gasteiger partial charge is 0.139 e. The topological polar surface area (TPSA) is 47.3 Å². The van der Waals surface area contributed by atoms with Crippen molar-refractivity contribution in [2.24, 2.45) is 0 Å². The van der Waals surface area contributed by atoms with E-state index >= 15 is 0 Å². The van der Waals surface area contributed by atoms with Gasteiger partial charge >= 0.3 is 0 Å². The number of para-hydroxylation sites is 3. The van der Waals surface area contributed by atoms with Crippen molar-refractivity contribution in [1.82, 2.24) is 5.32 Å². The van der Waals surface area contributed by atoms with Gasteiger partial charge in [-0.15, -0.1) is 0 Å². The molecule has 1 aliphatic heterocycles. The molecule has 6 aromatic carbocycles. The summed E-state index contributed by atoms with van der Waals surface area (Å²) >= 11 is 0. The summed E-state index contributed by atoms with van der Waals surface area (Å²) in [7, 11) is 0. The Hall–Kier alpha value is -5.12. The second kappa shape index (κ2) is 11.5. The summed E-state index contributed by atoms with van der Waals surface area (Å²) in [5.74, 6) is 1.88. The van der Waals surface area contributed by atoms with Crippen molar-refractivity contribution < 1.29 is 4.74 Å². The minimum atomic E-state index is -0.145. The van der Waals surface area contributed by atoms with Gasteiger partial charge in [0.05, 0.1) is 6.04 Å². The lowest BCUT2D eigenvalue weighted by molar-refractivity contribution is 0.419. The monoisotopic (exact) mass is 572 g/mol. The normalized spacial score (nSPS) is 13.8. The Labute approximate surface area is 260 Å². The zero-order chi connectivity index (χ0) is 30.1. The molecule has 7 rings (SSSR count). The molecule has 6 aromatic rings. The van der Waals surface area contributed by atoms with Crippen LogP contribution in [-0.4, -0.2) is 0 Å². The number of ether oxygens (including phenoxy) is 1. The average Bonchev–Trinajstić information content (AvgIpc) is 3.06. The fraction of sp³-hybridized carbons (Fsp3) is 0.122. The lowest BCUT2D eigenvalue weighted by atomic mass is 9.75. The van der Waals surface area contributed by atoms with E-state index in [-0.39, 0.29) is 11.5 Å². The molecule has 0 fully saturated rings. The SMILES string of the molecule is CC1(C)c2ccccc2Oc2c(-c3cccc(-c4ccc(CNC(c5ccccc5)c5ccccc5N)cc4)c3)cccc21. The standard InChI is InChI=1S/C41H36N2O/c1-41(2)35-18-7-9-21-38(35)44-40-33(17-11-19-36(40)41)32-15-10-14-31(26-32)29-24-22-28(23-25-29)27-43-39(30-12-4-3-5-13-30)34-16-6-8-20-37(34)42/h3-26,39,43H,27,42H2,1-2H3. The molecule has 1 atom stereocenters. The highest BCUT2D eigenvalue weighted by Gasteiger charge is 2.35. The molecule has 1 unspecified atom stereocenters. The van der Waals surface area contributed by atoms with E-state index < -0.39 is 0 Å². The number of fused-ring (bicyclic) bond motifs is 2. The predicted molar refractivity (Wildman–Crippen MR) is 182 cm³/mol. The van der Waals surface area contributed by atoms with E-state index in [1.165, 1.54) is 33.4 Å². The van der Waals surface area contributed by atoms with Crippen LogP contribution >= 0.6 is 0 Å². The van der Waals surface area contributed by atoms with Crippen LogP contribution in [0.15, 0.2) is 146 Å². The third kappa shape index (κ3) is 5.16. The maximum atomic E-state index is 6.56. The van der Waals surface area contributed by atoms with E-state index in [0.29, 0.717) is 0 Å². The van der Waals surface area contributed by atoms with E-state index in [1.54, 1.807) is 0 Å². The van der Waals surface area contributed by atoms with Gasteiger partial charge in [0.15, 0.2) is 0 Å². The Morgan fingerprint density at radius 1 is 0.636 bits per heavy atom. The first-order valence-electron chi connectivity index (χ1n) is 15.2. The van der Waals surface area contributed by atoms with E-state index in [4.69, 9.17) is 10.5 Å². The highest BCUT2D eigenvalue weighted by atomic mass is 16.5. The first-order valence-corrected chi connectivity index (χ1v) is 15.2. The molecule has 0 aliphatic carbocycles. The van der Waals surface area contributed by atoms with E-state index in [9.17, 15) is 0 Å². The molecule has 0 amide bonds. The molecule has 0 bridgehead atoms. The summed E-state index contributed by atoms with van der Waals surface area (Å²) < 4.78 is 6.56. The quantitative estimate of drug-likeness (QED) is 0.187. The van der Waals surface area contributed by atoms with Crippen molar-refractivity contribution in [3.63, 3.8) is 0 Å². The van der Waals surface area contributed by atoms with Crippen molar-refractivity contribution >= 4 is 5.69 Å². The third-order valence-corrected chi connectivity index (χ3v) is 8.87. The lowest BCUT2D eigenvalue weighted by Gasteiger charge is -2.35. The number of nitrogens with two attached hydrogens (primary N) is 1. The van der Waals surface area contributed by atoms with Crippen LogP contribution in [0.3, 0.4) is 0 Å². The number of anilines is 1. The Balaban J connectivity index is 1.14. The number of benzene rings is 6. The summed E-state index contributed by atoms with van der Waals surface area (Å²) in [6, 6.07) is 51.0. The van der Waals surface area contributed by atoms with Crippen LogP contribution in [0.2, 0.25) is 0 Å². The highest BCUT2D eigenvalue weighted by Crippen LogP contribution is 2.51. The predicted octanol–water partition coefficient (Wildman–Crippen LogP) is 9.91. The number of hydrogen-bond acceptors (Lipinski definition) is 3. The van der Waals surface area contributed by atoms with Crippen LogP contribution in [-0.2, 0) is 12.0 Å². The molecule has 1 aliphatic rings. The van der Waals surface area contributed by atoms with Crippen LogP contribution in [0.4, 0.5) is 5.69 Å². The Morgan fingerprint density at radius 2 is 1.32 bits per heavy atom. The van der Waals surface area contributed by atoms with Crippen molar-refractivity contribution in [3.8, 4) is 33.8 Å². The molecule has 0 saturated carbocycles. The van der Waals surface area contributed by atoms with Crippen LogP contribution in [0.5, 0.6) is 11.5 Å². The lowest BCUT2D eigenvalue weighted by Crippen LogP contribution is -2.24. The fourth-order valence-electron chi connectivity index (χ4n) is 6.42. The minimum absolute atomic E-state index is 0.00437. The number of nitrogens with one attached hydrogen (secondary N) is 1. The van der Waals surface area contributed by atoms with Crippen LogP contribution in [0, 0.1) is 0 Å². The zero-order valence-electron chi connectivity index (χ0n) is 25.1. The van der Waals surface area contributed by atoms with Crippen molar-refractivity contribution in [2.75, 3.05) is 5.73 Å². The Bertz CT molecular complexity index is 1930. The van der Waals surface area contributed by atoms with Gasteiger partial charge in [-0.3, -0.25) is 0 Å². The van der Waals surface area contributed by atoms with Crippen molar-refractivity contribution in [3.05, 3.63) is 173 Å². The third-order valence-electron chi connectivity index (χ3n) is 8.87. The molecule has 44 heavy (non-hydrogen) atoms. The summed E-state index contributed by atoms with van der Waals surface area (Å²) in [6.07, 6.45) is 0. The van der Waals surface area contributed by atoms with Gasteiger partial charge in [0, 0.05) is 34.3 Å². The number of hydrogen-bond donors (Lipinski definition) is 2. The molecule has 0 saturated heterocycles. The molecule has 3 nitrogen and oxygen atoms in total. The van der Waals surface area contributed by atoms with E-state index in [0.717, 1.165) is 40.4 Å². The molecule has 3 heteroatoms. The first-order chi connectivity index (χ1) is 21.5. The van der Waals surface area contributed by atoms with Gasteiger partial charge in [-0.05, 0) is 51.6 Å². The van der Waals surface area contributed by atoms with Gasteiger partial charge in [0.2, 0.25) is 0 Å². The van der Waals surface area contributed by atoms with Crippen molar-refractivity contribution in [2.45, 2.75) is 31.8 Å². The summed E-state index contributed by atoms with van der Waals surface area (Å²) in [5.41, 5.74) is 17.6. The Morgan fingerprint density at radius 3 is 2.14 bits per heavy atom. The zero-order valence-corrected chi connectivity index (χ0v) is 25.1. The van der Waals surface area contributed by atoms with Gasteiger partial charge in [-0.2, -0.15) is 0 Å². The van der Waals surface area contributed by atoms with Gasteiger partial charge in [0.1, 0.15) is 11.5 Å². The largest absolute Gasteiger partial charge is 0.456 e.